The highest BCUT2D eigenvalue weighted by Crippen LogP contribution is 2.37. The van der Waals surface area contributed by atoms with Crippen LogP contribution in [0.5, 0.6) is 0 Å². The predicted molar refractivity (Wildman–Crippen MR) is 151 cm³/mol. The molecule has 1 fully saturated rings. The van der Waals surface area contributed by atoms with Crippen LogP contribution in [0.4, 0.5) is 0 Å². The van der Waals surface area contributed by atoms with Gasteiger partial charge in [0, 0.05) is 20.0 Å². The molecule has 3 aromatic rings. The fourth-order valence-electron chi connectivity index (χ4n) is 4.91. The summed E-state index contributed by atoms with van der Waals surface area (Å²) in [7, 11) is 1.58. The second-order valence-corrected chi connectivity index (χ2v) is 10.2. The molecule has 1 saturated heterocycles. The van der Waals surface area contributed by atoms with Crippen LogP contribution in [0.25, 0.3) is 0 Å². The van der Waals surface area contributed by atoms with E-state index in [1.165, 1.54) is 0 Å². The van der Waals surface area contributed by atoms with E-state index in [0.717, 1.165) is 16.7 Å². The Hall–Kier alpha value is -2.91. The van der Waals surface area contributed by atoms with Crippen molar-refractivity contribution in [3.05, 3.63) is 108 Å². The smallest absolute Gasteiger partial charge is 0.197 e. The molecule has 0 spiro atoms. The number of ketones is 1. The lowest BCUT2D eigenvalue weighted by Gasteiger charge is -2.47. The van der Waals surface area contributed by atoms with Crippen LogP contribution < -0.4 is 0 Å². The van der Waals surface area contributed by atoms with Crippen molar-refractivity contribution in [2.24, 2.45) is 0 Å². The van der Waals surface area contributed by atoms with Gasteiger partial charge in [-0.05, 0) is 30.5 Å². The maximum absolute atomic E-state index is 11.9. The third-order valence-electron chi connectivity index (χ3n) is 6.73. The average molecular weight is 549 g/mol. The molecule has 214 valence electrons. The summed E-state index contributed by atoms with van der Waals surface area (Å²) in [6.45, 7) is 4.69. The van der Waals surface area contributed by atoms with Crippen molar-refractivity contribution in [1.29, 1.82) is 0 Å². The number of benzene rings is 3. The van der Waals surface area contributed by atoms with Gasteiger partial charge >= 0.3 is 0 Å². The minimum atomic E-state index is -1.21. The minimum Gasteiger partial charge on any atom is -0.371 e. The molecule has 1 unspecified atom stereocenters. The molecule has 0 aromatic heterocycles. The summed E-state index contributed by atoms with van der Waals surface area (Å²) in [6, 6.07) is 29.9. The molecule has 4 rings (SSSR count). The lowest BCUT2D eigenvalue weighted by atomic mass is 9.98. The molecule has 0 aliphatic carbocycles. The highest BCUT2D eigenvalue weighted by molar-refractivity contribution is 5.75. The normalized spacial score (nSPS) is 23.5. The van der Waals surface area contributed by atoms with Crippen LogP contribution in [0.2, 0.25) is 0 Å². The molecule has 0 saturated carbocycles. The average Bonchev–Trinajstić information content (AvgIpc) is 2.96. The second-order valence-electron chi connectivity index (χ2n) is 10.2. The minimum absolute atomic E-state index is 0.0351. The van der Waals surface area contributed by atoms with Crippen LogP contribution in [-0.4, -0.2) is 49.9 Å². The van der Waals surface area contributed by atoms with Gasteiger partial charge in [-0.1, -0.05) is 91.0 Å². The van der Waals surface area contributed by atoms with Gasteiger partial charge in [0.1, 0.15) is 18.5 Å². The molecular weight excluding hydrogens is 508 g/mol. The van der Waals surface area contributed by atoms with Crippen LogP contribution >= 0.6 is 0 Å². The molecule has 0 bridgehead atoms. The van der Waals surface area contributed by atoms with Gasteiger partial charge in [-0.3, -0.25) is 4.79 Å². The number of Topliss-reactive ketones (excluding diaryl/α,β-unsaturated/α-hetero) is 1. The summed E-state index contributed by atoms with van der Waals surface area (Å²) in [5, 5.41) is 0. The zero-order valence-electron chi connectivity index (χ0n) is 23.6. The molecule has 7 heteroatoms. The van der Waals surface area contributed by atoms with E-state index in [1.54, 1.807) is 14.0 Å². The first kappa shape index (κ1) is 30.1. The Balaban J connectivity index is 1.56. The van der Waals surface area contributed by atoms with Crippen LogP contribution in [-0.2, 0) is 53.0 Å². The van der Waals surface area contributed by atoms with Crippen LogP contribution in [0.15, 0.2) is 91.0 Å². The summed E-state index contributed by atoms with van der Waals surface area (Å²) in [5.74, 6) is -1.17. The van der Waals surface area contributed by atoms with Crippen molar-refractivity contribution >= 4 is 5.78 Å². The molecule has 1 aliphatic heterocycles. The Bertz CT molecular complexity index is 1140. The summed E-state index contributed by atoms with van der Waals surface area (Å²) >= 11 is 0. The maximum Gasteiger partial charge on any atom is 0.197 e. The molecular formula is C33H40O7. The van der Waals surface area contributed by atoms with Gasteiger partial charge in [0.15, 0.2) is 12.1 Å². The monoisotopic (exact) mass is 548 g/mol. The Morgan fingerprint density at radius 1 is 0.850 bits per heavy atom. The Labute approximate surface area is 237 Å². The fourth-order valence-corrected chi connectivity index (χ4v) is 4.91. The van der Waals surface area contributed by atoms with Crippen LogP contribution in [0.3, 0.4) is 0 Å². The van der Waals surface area contributed by atoms with Gasteiger partial charge in [0.25, 0.3) is 0 Å². The summed E-state index contributed by atoms with van der Waals surface area (Å²) in [4.78, 5) is 11.9. The van der Waals surface area contributed by atoms with E-state index in [2.05, 4.69) is 0 Å². The second kappa shape index (κ2) is 15.2. The largest absolute Gasteiger partial charge is 0.371 e. The van der Waals surface area contributed by atoms with Crippen molar-refractivity contribution in [3.63, 3.8) is 0 Å². The van der Waals surface area contributed by atoms with Crippen LogP contribution in [0.1, 0.15) is 43.4 Å². The van der Waals surface area contributed by atoms with Crippen LogP contribution in [0, 0.1) is 0 Å². The Morgan fingerprint density at radius 2 is 1.38 bits per heavy atom. The zero-order chi connectivity index (χ0) is 28.2. The zero-order valence-corrected chi connectivity index (χ0v) is 23.6. The molecule has 1 heterocycles. The molecule has 0 amide bonds. The van der Waals surface area contributed by atoms with Gasteiger partial charge in [-0.15, -0.1) is 0 Å². The van der Waals surface area contributed by atoms with E-state index in [-0.39, 0.29) is 18.8 Å². The number of rotatable bonds is 15. The molecule has 1 aliphatic rings. The van der Waals surface area contributed by atoms with E-state index in [1.807, 2.05) is 97.9 Å². The first-order chi connectivity index (χ1) is 19.5. The third-order valence-corrected chi connectivity index (χ3v) is 6.73. The Kier molecular flexibility index (Phi) is 11.4. The van der Waals surface area contributed by atoms with Gasteiger partial charge in [-0.2, -0.15) is 0 Å². The maximum atomic E-state index is 11.9. The van der Waals surface area contributed by atoms with E-state index in [0.29, 0.717) is 26.2 Å². The third kappa shape index (κ3) is 9.06. The molecule has 7 nitrogen and oxygen atoms in total. The number of hydrogen-bond donors (Lipinski definition) is 0. The van der Waals surface area contributed by atoms with Crippen molar-refractivity contribution < 1.29 is 33.2 Å². The molecule has 0 radical (unpaired) electrons. The number of methoxy groups -OCH3 is 1. The topological polar surface area (TPSA) is 72.5 Å². The van der Waals surface area contributed by atoms with E-state index < -0.39 is 30.4 Å². The van der Waals surface area contributed by atoms with Crippen molar-refractivity contribution in [2.45, 2.75) is 76.9 Å². The van der Waals surface area contributed by atoms with E-state index in [4.69, 9.17) is 28.4 Å². The first-order valence-corrected chi connectivity index (χ1v) is 13.8. The standard InChI is InChI=1S/C33H40O7/c1-25(34)19-26(2)39-33(24-36-21-27-13-7-4-8-14-27)20-30(37-22-28-15-9-5-10-16-28)31(32(35-3)40-33)38-23-29-17-11-6-12-18-29/h4-18,26,30-32H,19-24H2,1-3H3/t26?,30-,31+,32+,33-/m0/s1. The number of hydrogen-bond acceptors (Lipinski definition) is 7. The lowest BCUT2D eigenvalue weighted by Crippen LogP contribution is -2.60. The first-order valence-electron chi connectivity index (χ1n) is 13.8. The number of carbonyl (C=O) groups excluding carboxylic acids is 1. The predicted octanol–water partition coefficient (Wildman–Crippen LogP) is 5.85. The lowest BCUT2D eigenvalue weighted by molar-refractivity contribution is -0.392. The number of carbonyl (C=O) groups is 1. The molecule has 0 N–H and O–H groups in total. The van der Waals surface area contributed by atoms with Gasteiger partial charge < -0.3 is 28.4 Å². The van der Waals surface area contributed by atoms with E-state index in [9.17, 15) is 4.79 Å². The van der Waals surface area contributed by atoms with Crippen molar-refractivity contribution in [2.75, 3.05) is 13.7 Å². The molecule has 3 aromatic carbocycles. The van der Waals surface area contributed by atoms with Crippen molar-refractivity contribution in [3.8, 4) is 0 Å². The summed E-state index contributed by atoms with van der Waals surface area (Å²) in [6.07, 6.45) is -1.56. The van der Waals surface area contributed by atoms with Gasteiger partial charge in [0.05, 0.1) is 32.0 Å². The highest BCUT2D eigenvalue weighted by Gasteiger charge is 2.51. The SMILES string of the molecule is CO[C@@H]1O[C@@](COCc2ccccc2)(OC(C)CC(C)=O)C[C@H](OCc2ccccc2)[C@H]1OCc1ccccc1. The summed E-state index contributed by atoms with van der Waals surface area (Å²) in [5.41, 5.74) is 3.12. The molecule has 40 heavy (non-hydrogen) atoms. The number of ether oxygens (including phenoxy) is 6. The summed E-state index contributed by atoms with van der Waals surface area (Å²) < 4.78 is 37.8. The molecule has 5 atom stereocenters. The Morgan fingerprint density at radius 3 is 1.90 bits per heavy atom. The fraction of sp³-hybridized carbons (Fsp3) is 0.424. The van der Waals surface area contributed by atoms with Gasteiger partial charge in [-0.25, -0.2) is 0 Å². The van der Waals surface area contributed by atoms with Crippen molar-refractivity contribution in [1.82, 2.24) is 0 Å². The highest BCUT2D eigenvalue weighted by atomic mass is 16.8. The van der Waals surface area contributed by atoms with Gasteiger partial charge in [0.2, 0.25) is 0 Å². The quantitative estimate of drug-likeness (QED) is 0.236. The van der Waals surface area contributed by atoms with E-state index >= 15 is 0 Å².